The first-order valence-corrected chi connectivity index (χ1v) is 10.7. The molecule has 1 aromatic heterocycles. The molecule has 0 radical (unpaired) electrons. The Morgan fingerprint density at radius 2 is 1.63 bits per heavy atom. The average molecular weight is 400 g/mol. The third-order valence-electron chi connectivity index (χ3n) is 6.09. The summed E-state index contributed by atoms with van der Waals surface area (Å²) in [4.78, 5) is 33.3. The molecule has 2 aromatic carbocycles. The van der Waals surface area contributed by atoms with Gasteiger partial charge in [0.25, 0.3) is 5.91 Å². The van der Waals surface area contributed by atoms with Gasteiger partial charge in [-0.3, -0.25) is 9.78 Å². The van der Waals surface area contributed by atoms with Crippen LogP contribution in [0.1, 0.15) is 52.5 Å². The number of benzene rings is 2. The Morgan fingerprint density at radius 1 is 0.900 bits per heavy atom. The first-order chi connectivity index (χ1) is 14.7. The van der Waals surface area contributed by atoms with Gasteiger partial charge in [0.15, 0.2) is 0 Å². The zero-order valence-corrected chi connectivity index (χ0v) is 16.8. The van der Waals surface area contributed by atoms with Gasteiger partial charge in [0.2, 0.25) is 6.10 Å². The second-order valence-corrected chi connectivity index (χ2v) is 8.01. The van der Waals surface area contributed by atoms with Gasteiger partial charge in [-0.25, -0.2) is 4.79 Å². The number of fused-ring (bicyclic) bond motifs is 2. The molecular formula is C25H24N2O3. The van der Waals surface area contributed by atoms with Gasteiger partial charge in [0.05, 0.1) is 11.1 Å². The van der Waals surface area contributed by atoms with Gasteiger partial charge in [0, 0.05) is 29.7 Å². The number of hydrogen-bond donors (Lipinski definition) is 0. The molecule has 5 nitrogen and oxygen atoms in total. The van der Waals surface area contributed by atoms with Crippen LogP contribution in [0, 0.1) is 0 Å². The summed E-state index contributed by atoms with van der Waals surface area (Å²) >= 11 is 0. The summed E-state index contributed by atoms with van der Waals surface area (Å²) in [5.41, 5.74) is 4.02. The van der Waals surface area contributed by atoms with Crippen LogP contribution in [0.4, 0.5) is 0 Å². The van der Waals surface area contributed by atoms with Crippen molar-refractivity contribution in [3.63, 3.8) is 0 Å². The fourth-order valence-corrected chi connectivity index (χ4v) is 4.60. The normalized spacial score (nSPS) is 16.5. The lowest BCUT2D eigenvalue weighted by atomic mass is 10.0. The standard InChI is InChI=1S/C25H24N2O3/c28-24(27-15-6-7-16-27)23(17-9-2-1-3-10-17)30-25(29)22-18-11-4-5-13-20(18)26-21-14-8-12-19(21)22/h1-5,9-11,13,23H,6-8,12,14-16H2. The van der Waals surface area contributed by atoms with E-state index in [1.807, 2.05) is 54.6 Å². The monoisotopic (exact) mass is 400 g/mol. The minimum atomic E-state index is -0.930. The number of carbonyl (C=O) groups excluding carboxylic acids is 2. The van der Waals surface area contributed by atoms with Crippen LogP contribution in [-0.2, 0) is 22.4 Å². The van der Waals surface area contributed by atoms with Crippen LogP contribution in [0.15, 0.2) is 54.6 Å². The quantitative estimate of drug-likeness (QED) is 0.615. The summed E-state index contributed by atoms with van der Waals surface area (Å²) in [5, 5.41) is 0.795. The highest BCUT2D eigenvalue weighted by Crippen LogP contribution is 2.32. The number of nitrogens with zero attached hydrogens (tertiary/aromatic N) is 2. The van der Waals surface area contributed by atoms with Crippen LogP contribution in [0.3, 0.4) is 0 Å². The molecule has 1 aliphatic heterocycles. The van der Waals surface area contributed by atoms with Crippen molar-refractivity contribution in [2.45, 2.75) is 38.2 Å². The number of aryl methyl sites for hydroxylation is 1. The summed E-state index contributed by atoms with van der Waals surface area (Å²) in [7, 11) is 0. The van der Waals surface area contributed by atoms with Gasteiger partial charge in [-0.15, -0.1) is 0 Å². The second-order valence-electron chi connectivity index (χ2n) is 8.01. The molecule has 5 rings (SSSR count). The maximum atomic E-state index is 13.5. The molecule has 1 unspecified atom stereocenters. The molecule has 1 fully saturated rings. The van der Waals surface area contributed by atoms with E-state index in [1.165, 1.54) is 0 Å². The lowest BCUT2D eigenvalue weighted by Gasteiger charge is -2.24. The van der Waals surface area contributed by atoms with E-state index in [1.54, 1.807) is 4.90 Å². The van der Waals surface area contributed by atoms with Crippen molar-refractivity contribution in [3.05, 3.63) is 77.0 Å². The van der Waals surface area contributed by atoms with Crippen molar-refractivity contribution in [2.75, 3.05) is 13.1 Å². The highest BCUT2D eigenvalue weighted by molar-refractivity contribution is 6.06. The number of amides is 1. The lowest BCUT2D eigenvalue weighted by molar-refractivity contribution is -0.140. The predicted octanol–water partition coefficient (Wildman–Crippen LogP) is 4.24. The number of esters is 1. The number of para-hydroxylation sites is 1. The van der Waals surface area contributed by atoms with Crippen molar-refractivity contribution in [2.24, 2.45) is 0 Å². The number of hydrogen-bond acceptors (Lipinski definition) is 4. The highest BCUT2D eigenvalue weighted by atomic mass is 16.5. The molecule has 1 amide bonds. The molecule has 1 saturated heterocycles. The SMILES string of the molecule is O=C(OC(C(=O)N1CCCC1)c1ccccc1)c1c2c(nc3ccccc13)CCC2. The molecule has 1 aliphatic carbocycles. The van der Waals surface area contributed by atoms with E-state index in [2.05, 4.69) is 0 Å². The number of ether oxygens (including phenoxy) is 1. The molecule has 0 spiro atoms. The van der Waals surface area contributed by atoms with Crippen LogP contribution in [0.5, 0.6) is 0 Å². The molecule has 3 aromatic rings. The van der Waals surface area contributed by atoms with Gasteiger partial charge < -0.3 is 9.64 Å². The zero-order valence-electron chi connectivity index (χ0n) is 16.8. The molecule has 0 bridgehead atoms. The van der Waals surface area contributed by atoms with Crippen LogP contribution in [0.25, 0.3) is 10.9 Å². The Labute approximate surface area is 175 Å². The van der Waals surface area contributed by atoms with Crippen molar-refractivity contribution in [1.82, 2.24) is 9.88 Å². The molecule has 2 aliphatic rings. The summed E-state index contributed by atoms with van der Waals surface area (Å²) in [6, 6.07) is 17.0. The average Bonchev–Trinajstić information content (AvgIpc) is 3.48. The molecule has 2 heterocycles. The highest BCUT2D eigenvalue weighted by Gasteiger charge is 2.33. The Morgan fingerprint density at radius 3 is 2.43 bits per heavy atom. The molecule has 30 heavy (non-hydrogen) atoms. The fourth-order valence-electron chi connectivity index (χ4n) is 4.60. The van der Waals surface area contributed by atoms with Gasteiger partial charge in [-0.05, 0) is 43.7 Å². The van der Waals surface area contributed by atoms with Crippen molar-refractivity contribution in [3.8, 4) is 0 Å². The molecule has 152 valence electrons. The number of rotatable bonds is 4. The van der Waals surface area contributed by atoms with E-state index in [4.69, 9.17) is 9.72 Å². The molecule has 5 heteroatoms. The molecule has 0 saturated carbocycles. The van der Waals surface area contributed by atoms with E-state index >= 15 is 0 Å². The van der Waals surface area contributed by atoms with Gasteiger partial charge in [-0.1, -0.05) is 48.5 Å². The maximum absolute atomic E-state index is 13.5. The smallest absolute Gasteiger partial charge is 0.340 e. The largest absolute Gasteiger partial charge is 0.444 e. The third-order valence-corrected chi connectivity index (χ3v) is 6.09. The van der Waals surface area contributed by atoms with Crippen LogP contribution < -0.4 is 0 Å². The van der Waals surface area contributed by atoms with Crippen LogP contribution in [0.2, 0.25) is 0 Å². The Kier molecular flexibility index (Phi) is 4.95. The Balaban J connectivity index is 1.55. The first kappa shape index (κ1) is 18.8. The minimum Gasteiger partial charge on any atom is -0.444 e. The van der Waals surface area contributed by atoms with E-state index in [0.29, 0.717) is 24.2 Å². The summed E-state index contributed by atoms with van der Waals surface area (Å²) in [6.07, 6.45) is 3.71. The minimum absolute atomic E-state index is 0.137. The van der Waals surface area contributed by atoms with Crippen molar-refractivity contribution < 1.29 is 14.3 Å². The lowest BCUT2D eigenvalue weighted by Crippen LogP contribution is -2.35. The van der Waals surface area contributed by atoms with E-state index in [9.17, 15) is 9.59 Å². The number of aromatic nitrogens is 1. The van der Waals surface area contributed by atoms with Crippen molar-refractivity contribution in [1.29, 1.82) is 0 Å². The molecular weight excluding hydrogens is 376 g/mol. The van der Waals surface area contributed by atoms with Crippen molar-refractivity contribution >= 4 is 22.8 Å². The summed E-state index contributed by atoms with van der Waals surface area (Å²) in [6.45, 7) is 1.43. The number of carbonyl (C=O) groups is 2. The van der Waals surface area contributed by atoms with Gasteiger partial charge in [0.1, 0.15) is 0 Å². The van der Waals surface area contributed by atoms with E-state index in [-0.39, 0.29) is 5.91 Å². The third kappa shape index (κ3) is 3.34. The fraction of sp³-hybridized carbons (Fsp3) is 0.320. The predicted molar refractivity (Wildman–Crippen MR) is 114 cm³/mol. The topological polar surface area (TPSA) is 59.5 Å². The van der Waals surface area contributed by atoms with E-state index < -0.39 is 12.1 Å². The van der Waals surface area contributed by atoms with Gasteiger partial charge in [-0.2, -0.15) is 0 Å². The molecule has 1 atom stereocenters. The summed E-state index contributed by atoms with van der Waals surface area (Å²) < 4.78 is 5.97. The number of pyridine rings is 1. The number of likely N-dealkylation sites (tertiary alicyclic amines) is 1. The van der Waals surface area contributed by atoms with Gasteiger partial charge >= 0.3 is 5.97 Å². The molecule has 0 N–H and O–H groups in total. The maximum Gasteiger partial charge on any atom is 0.340 e. The first-order valence-electron chi connectivity index (χ1n) is 10.7. The summed E-state index contributed by atoms with van der Waals surface area (Å²) in [5.74, 6) is -0.574. The zero-order chi connectivity index (χ0) is 20.5. The Bertz CT molecular complexity index is 1100. The van der Waals surface area contributed by atoms with E-state index in [0.717, 1.165) is 54.3 Å². The Hall–Kier alpha value is -3.21. The second kappa shape index (κ2) is 7.90. The van der Waals surface area contributed by atoms with Crippen LogP contribution in [-0.4, -0.2) is 34.8 Å². The van der Waals surface area contributed by atoms with Crippen LogP contribution >= 0.6 is 0 Å².